The van der Waals surface area contributed by atoms with E-state index in [-0.39, 0.29) is 230 Å². The Hall–Kier alpha value is 7.21. The van der Waals surface area contributed by atoms with E-state index in [1.165, 1.54) is 0 Å². The maximum Gasteiger partial charge on any atom is 0 e. The third kappa shape index (κ3) is 87.0. The Bertz CT molecular complexity index is 4.97. The van der Waals surface area contributed by atoms with E-state index in [0.717, 1.165) is 0 Å². The van der Waals surface area contributed by atoms with E-state index in [9.17, 15) is 0 Å². The smallest absolute Gasteiger partial charge is 0 e. The summed E-state index contributed by atoms with van der Waals surface area (Å²) >= 11 is 0. The second kappa shape index (κ2) is 104. The molecule has 0 saturated carbocycles. The third-order valence-corrected chi connectivity index (χ3v) is 0. The molecular weight excluding hydrogens is 2130 g/mol. The average Bonchev–Trinajstić information content (AvgIpc) is 0. The first-order chi connectivity index (χ1) is 0. The van der Waals surface area contributed by atoms with Crippen LogP contribution in [0.15, 0.2) is 0 Å². The number of hydrogen-bond acceptors (Lipinski definition) is 0. The summed E-state index contributed by atoms with van der Waals surface area (Å²) in [4.78, 5) is 0. The largest absolute Gasteiger partial charge is 0 e. The van der Waals surface area contributed by atoms with Gasteiger partial charge in [-0.15, -0.1) is 0 Å². The van der Waals surface area contributed by atoms with E-state index < -0.39 is 0 Å². The van der Waals surface area contributed by atoms with Gasteiger partial charge in [-0.3, -0.25) is 0 Å². The first-order valence-electron chi connectivity index (χ1n) is 0. The molecule has 0 heterocycles. The molecule has 0 unspecified atom stereocenters. The molecule has 12 heteroatoms. The van der Waals surface area contributed by atoms with E-state index in [0.29, 0.717) is 0 Å². The Labute approximate surface area is 224 Å². The molecule has 0 spiro atoms. The molecule has 0 nitrogen and oxygen atoms in total. The van der Waals surface area contributed by atoms with Crippen LogP contribution in [0.2, 0.25) is 0 Å². The predicted molar refractivity (Wildman–Crippen MR) is 5.75 cm³/mol. The van der Waals surface area contributed by atoms with Crippen LogP contribution in [0.1, 0.15) is 0 Å². The normalized spacial score (nSPS) is 0. The minimum Gasteiger partial charge on any atom is 0 e. The van der Waals surface area contributed by atoms with Crippen molar-refractivity contribution in [2.45, 2.75) is 0 Å². The number of hydrogen-bond donors (Lipinski definition) is 0. The van der Waals surface area contributed by atoms with Gasteiger partial charge in [0.15, 0.2) is 0 Å². The molecule has 0 saturated heterocycles. The fourth-order valence-corrected chi connectivity index (χ4v) is 0. The maximum absolute atomic E-state index is 0. The summed E-state index contributed by atoms with van der Waals surface area (Å²) in [5.74, 6) is 0. The van der Waals surface area contributed by atoms with Crippen LogP contribution in [0.3, 0.4) is 0 Å². The Morgan fingerprint density at radius 3 is 0.167 bits per heavy atom. The van der Waals surface area contributed by atoms with Crippen molar-refractivity contribution in [3.05, 3.63) is 0 Å². The van der Waals surface area contributed by atoms with E-state index in [2.05, 4.69) is 0 Å². The van der Waals surface area contributed by atoms with Crippen molar-refractivity contribution < 1.29 is 221 Å². The SMILES string of the molecule is [B].[Ir].[Ir].[Ir].[Ir].[Ir].[Ir].[Ir].[Ir].[Ir].[Ir].[Ir]. The Morgan fingerprint density at radius 2 is 0.167 bits per heavy atom. The quantitative estimate of drug-likeness (QED) is 0.290. The van der Waals surface area contributed by atoms with Crippen LogP contribution in [0.4, 0.5) is 0 Å². The van der Waals surface area contributed by atoms with E-state index in [1.54, 1.807) is 0 Å². The molecule has 0 atom stereocenters. The van der Waals surface area contributed by atoms with Gasteiger partial charge in [0.25, 0.3) is 0 Å². The first kappa shape index (κ1) is 123. The van der Waals surface area contributed by atoms with E-state index in [4.69, 9.17) is 0 Å². The molecule has 0 aromatic carbocycles. The van der Waals surface area contributed by atoms with Crippen molar-refractivity contribution in [1.82, 2.24) is 0 Å². The zero-order chi connectivity index (χ0) is 0. The van der Waals surface area contributed by atoms with E-state index in [1.807, 2.05) is 0 Å². The molecule has 0 aliphatic rings. The van der Waals surface area contributed by atoms with Crippen LogP contribution in [-0.4, -0.2) is 8.41 Å². The first-order valence-corrected chi connectivity index (χ1v) is 0. The minimum atomic E-state index is 0. The summed E-state index contributed by atoms with van der Waals surface area (Å²) in [7, 11) is 0. The van der Waals surface area contributed by atoms with Crippen LogP contribution < -0.4 is 0 Å². The second-order valence-electron chi connectivity index (χ2n) is 0. The summed E-state index contributed by atoms with van der Waals surface area (Å²) in [6.07, 6.45) is 0. The van der Waals surface area contributed by atoms with Gasteiger partial charge in [0.1, 0.15) is 0 Å². The van der Waals surface area contributed by atoms with Crippen LogP contribution in [0, 0.1) is 0 Å². The molecule has 12 heavy (non-hydrogen) atoms. The summed E-state index contributed by atoms with van der Waals surface area (Å²) < 4.78 is 0. The van der Waals surface area contributed by atoms with Crippen LogP contribution in [0.25, 0.3) is 0 Å². The van der Waals surface area contributed by atoms with Crippen molar-refractivity contribution >= 4 is 8.41 Å². The Balaban J connectivity index is 0. The van der Waals surface area contributed by atoms with Gasteiger partial charge in [-0.25, -0.2) is 0 Å². The molecular formula is BIr11. The van der Waals surface area contributed by atoms with Gasteiger partial charge in [-0.1, -0.05) is 0 Å². The minimum absolute atomic E-state index is 0. The van der Waals surface area contributed by atoms with Gasteiger partial charge in [-0.05, 0) is 0 Å². The zero-order valence-electron chi connectivity index (χ0n) is 4.24. The van der Waals surface area contributed by atoms with E-state index >= 15 is 0 Å². The van der Waals surface area contributed by atoms with Gasteiger partial charge in [0.2, 0.25) is 0 Å². The average molecular weight is 2130 g/mol. The molecule has 0 amide bonds. The predicted octanol–water partition coefficient (Wildman–Crippen LogP) is -0.408. The van der Waals surface area contributed by atoms with Crippen molar-refractivity contribution in [2.24, 2.45) is 0 Å². The third-order valence-electron chi connectivity index (χ3n) is 0. The molecule has 0 bridgehead atoms. The van der Waals surface area contributed by atoms with Crippen molar-refractivity contribution in [2.75, 3.05) is 0 Å². The Kier molecular flexibility index (Phi) is 1060. The van der Waals surface area contributed by atoms with Crippen molar-refractivity contribution in [1.29, 1.82) is 0 Å². The molecule has 0 rings (SSSR count). The topological polar surface area (TPSA) is 0 Å². The molecule has 0 aromatic heterocycles. The van der Waals surface area contributed by atoms with Crippen LogP contribution in [-0.2, 0) is 221 Å². The summed E-state index contributed by atoms with van der Waals surface area (Å²) in [5, 5.41) is 0. The standard InChI is InChI=1S/B.11Ir. The zero-order valence-corrected chi connectivity index (χ0v) is 30.6. The monoisotopic (exact) mass is 2130 g/mol. The molecule has 0 N–H and O–H groups in total. The molecule has 0 fully saturated rings. The van der Waals surface area contributed by atoms with Gasteiger partial charge in [0, 0.05) is 230 Å². The van der Waals surface area contributed by atoms with Crippen LogP contribution >= 0.6 is 0 Å². The molecule has 102 valence electrons. The van der Waals surface area contributed by atoms with Gasteiger partial charge < -0.3 is 0 Å². The van der Waals surface area contributed by atoms with Gasteiger partial charge in [-0.2, -0.15) is 0 Å². The molecule has 0 aliphatic carbocycles. The number of rotatable bonds is 0. The summed E-state index contributed by atoms with van der Waals surface area (Å²) in [5.41, 5.74) is 0. The molecule has 0 aromatic rings. The van der Waals surface area contributed by atoms with Crippen molar-refractivity contribution in [3.8, 4) is 0 Å². The fourth-order valence-electron chi connectivity index (χ4n) is 0. The molecule has 0 aliphatic heterocycles. The maximum atomic E-state index is 0. The van der Waals surface area contributed by atoms with Crippen LogP contribution in [0.5, 0.6) is 0 Å². The van der Waals surface area contributed by atoms with Crippen molar-refractivity contribution in [3.63, 3.8) is 0 Å². The Morgan fingerprint density at radius 1 is 0.167 bits per heavy atom. The van der Waals surface area contributed by atoms with Gasteiger partial charge in [0.05, 0.1) is 0 Å². The fraction of sp³-hybridized carbons (Fsp3) is 0. The molecule has 14 radical (unpaired) electrons. The van der Waals surface area contributed by atoms with Gasteiger partial charge >= 0.3 is 0 Å². The summed E-state index contributed by atoms with van der Waals surface area (Å²) in [6.45, 7) is 0. The summed E-state index contributed by atoms with van der Waals surface area (Å²) in [6, 6.07) is 0. The second-order valence-corrected chi connectivity index (χ2v) is 0.